The molecule has 0 saturated carbocycles. The van der Waals surface area contributed by atoms with E-state index in [1.54, 1.807) is 44.2 Å². The monoisotopic (exact) mass is 1340 g/mol. The number of nitrogens with one attached hydrogen (secondary N) is 10. The number of carboxylic acids is 2. The largest absolute Gasteiger partial charge is 0.508 e. The Morgan fingerprint density at radius 3 is 1.47 bits per heavy atom. The van der Waals surface area contributed by atoms with E-state index >= 15 is 0 Å². The van der Waals surface area contributed by atoms with E-state index in [4.69, 9.17) is 11.5 Å². The summed E-state index contributed by atoms with van der Waals surface area (Å²) in [6.45, 7) is -0.0383. The molecule has 2 heterocycles. The highest BCUT2D eigenvalue weighted by atomic mass is 16.4. The Balaban J connectivity index is 1.30. The lowest BCUT2D eigenvalue weighted by Gasteiger charge is -2.30. The lowest BCUT2D eigenvalue weighted by molar-refractivity contribution is -0.143. The number of hydrogen-bond donors (Lipinski definition) is 19. The molecule has 96 heavy (non-hydrogen) atoms. The van der Waals surface area contributed by atoms with E-state index in [-0.39, 0.29) is 67.3 Å². The highest BCUT2D eigenvalue weighted by Gasteiger charge is 2.41. The van der Waals surface area contributed by atoms with Crippen LogP contribution in [0.1, 0.15) is 74.8 Å². The fourth-order valence-electron chi connectivity index (χ4n) is 10.1. The highest BCUT2D eigenvalue weighted by Crippen LogP contribution is 2.20. The lowest BCUT2D eigenvalue weighted by Crippen LogP contribution is -2.62. The van der Waals surface area contributed by atoms with Crippen molar-refractivity contribution in [2.45, 2.75) is 145 Å². The van der Waals surface area contributed by atoms with Crippen LogP contribution in [0.5, 0.6) is 11.5 Å². The lowest BCUT2D eigenvalue weighted by atomic mass is 10.0. The molecule has 5 rings (SSSR count). The quantitative estimate of drug-likeness (QED) is 0.0199. The second-order valence-electron chi connectivity index (χ2n) is 23.2. The number of carbonyl (C=O) groups excluding carboxylic acids is 11. The van der Waals surface area contributed by atoms with Crippen LogP contribution >= 0.6 is 0 Å². The van der Waals surface area contributed by atoms with Crippen molar-refractivity contribution in [3.8, 4) is 11.5 Å². The number of nitrogens with zero attached hydrogens (tertiary/aromatic N) is 2. The molecule has 1 fully saturated rings. The van der Waals surface area contributed by atoms with E-state index in [2.05, 4.69) is 57.8 Å². The molecule has 11 atom stereocenters. The van der Waals surface area contributed by atoms with Crippen molar-refractivity contribution in [3.63, 3.8) is 0 Å². The fourth-order valence-corrected chi connectivity index (χ4v) is 10.1. The number of carbonyl (C=O) groups is 13. The van der Waals surface area contributed by atoms with Gasteiger partial charge in [-0.2, -0.15) is 0 Å². The fraction of sp³-hybridized carbons (Fsp3) is 0.452. The zero-order valence-electron chi connectivity index (χ0n) is 52.5. The summed E-state index contributed by atoms with van der Waals surface area (Å²) in [4.78, 5) is 183. The molecule has 34 heteroatoms. The number of nitrogens with two attached hydrogens (primary N) is 2. The summed E-state index contributed by atoms with van der Waals surface area (Å²) < 4.78 is 0. The molecule has 3 aromatic carbocycles. The number of phenolic OH excluding ortho intramolecular Hbond substituents is 2. The summed E-state index contributed by atoms with van der Waals surface area (Å²) in [5.41, 5.74) is 13.3. The van der Waals surface area contributed by atoms with Crippen molar-refractivity contribution < 1.29 is 98.1 Å². The first-order chi connectivity index (χ1) is 45.6. The summed E-state index contributed by atoms with van der Waals surface area (Å²) in [7, 11) is 0. The molecule has 1 aliphatic heterocycles. The molecule has 4 aromatic rings. The van der Waals surface area contributed by atoms with Gasteiger partial charge in [-0.25, -0.2) is 9.78 Å². The maximum atomic E-state index is 14.5. The van der Waals surface area contributed by atoms with Crippen LogP contribution in [0.4, 0.5) is 0 Å². The molecule has 34 nitrogen and oxygen atoms in total. The summed E-state index contributed by atoms with van der Waals surface area (Å²) in [5, 5.41) is 91.8. The van der Waals surface area contributed by atoms with Crippen LogP contribution < -0.4 is 59.3 Å². The molecule has 0 radical (unpaired) electrons. The Kier molecular flexibility index (Phi) is 29.6. The van der Waals surface area contributed by atoms with Crippen molar-refractivity contribution in [1.82, 2.24) is 62.7 Å². The molecular formula is C62H82N14O20. The van der Waals surface area contributed by atoms with Crippen LogP contribution in [0.25, 0.3) is 0 Å². The van der Waals surface area contributed by atoms with Crippen molar-refractivity contribution in [2.24, 2.45) is 17.4 Å². The smallest absolute Gasteiger partial charge is 0.326 e. The van der Waals surface area contributed by atoms with Crippen LogP contribution in [-0.2, 0) is 88.0 Å². The maximum absolute atomic E-state index is 14.5. The number of aromatic nitrogens is 2. The van der Waals surface area contributed by atoms with E-state index in [9.17, 15) is 98.1 Å². The van der Waals surface area contributed by atoms with Gasteiger partial charge in [0.15, 0.2) is 0 Å². The van der Waals surface area contributed by atoms with Gasteiger partial charge in [0.1, 0.15) is 71.9 Å². The van der Waals surface area contributed by atoms with Crippen LogP contribution in [0.2, 0.25) is 0 Å². The minimum atomic E-state index is -1.87. The van der Waals surface area contributed by atoms with Crippen molar-refractivity contribution >= 4 is 76.9 Å². The molecule has 520 valence electrons. The minimum absolute atomic E-state index is 0.0506. The highest BCUT2D eigenvalue weighted by molar-refractivity contribution is 6.00. The van der Waals surface area contributed by atoms with Crippen LogP contribution in [0, 0.1) is 5.92 Å². The average molecular weight is 1340 g/mol. The topological polar surface area (TPSA) is 556 Å². The number of hydrogen-bond acceptors (Lipinski definition) is 20. The summed E-state index contributed by atoms with van der Waals surface area (Å²) in [5.74, 6) is -15.3. The Morgan fingerprint density at radius 2 is 0.979 bits per heavy atom. The number of primary amides is 1. The first kappa shape index (κ1) is 76.1. The van der Waals surface area contributed by atoms with Gasteiger partial charge in [0.2, 0.25) is 65.0 Å². The molecule has 1 aromatic heterocycles. The van der Waals surface area contributed by atoms with Crippen molar-refractivity contribution in [1.29, 1.82) is 0 Å². The van der Waals surface area contributed by atoms with Gasteiger partial charge in [0.25, 0.3) is 0 Å². The van der Waals surface area contributed by atoms with Gasteiger partial charge in [-0.15, -0.1) is 0 Å². The first-order valence-corrected chi connectivity index (χ1v) is 30.5. The van der Waals surface area contributed by atoms with Gasteiger partial charge < -0.3 is 105 Å². The maximum Gasteiger partial charge on any atom is 0.326 e. The third-order valence-electron chi connectivity index (χ3n) is 15.2. The number of aliphatic carboxylic acids is 2. The molecule has 0 bridgehead atoms. The SMILES string of the molecule is CC(C)C[C@H](NC(=O)[C@H](CC(N)=O)NC(=O)[C@H](CCC(=O)O)NC(=O)[C@H](Cc1ccc(O)cc1)NC(=O)[C@H](Cc1cnc[nH]1)NC(=O)[C@H](CO)NC(=O)[C@@H]1CCCN1C(=O)[C@H](CO)NC(=O)[C@H](CO)NC(=O)[C@H](Cc1ccc(O)cc1)NC(=O)[C@@H](N)Cc1ccccc1)C(=O)O. The van der Waals surface area contributed by atoms with Crippen molar-refractivity contribution in [2.75, 3.05) is 26.4 Å². The van der Waals surface area contributed by atoms with Gasteiger partial charge >= 0.3 is 11.9 Å². The van der Waals surface area contributed by atoms with E-state index in [1.165, 1.54) is 61.1 Å². The second kappa shape index (κ2) is 37.3. The zero-order valence-corrected chi connectivity index (χ0v) is 52.5. The molecule has 0 spiro atoms. The summed E-state index contributed by atoms with van der Waals surface area (Å²) in [6.07, 6.45) is -0.658. The number of carboxylic acid groups (broad SMARTS) is 2. The number of aromatic amines is 1. The number of phenols is 2. The molecule has 21 N–H and O–H groups in total. The predicted molar refractivity (Wildman–Crippen MR) is 335 cm³/mol. The van der Waals surface area contributed by atoms with E-state index in [0.29, 0.717) is 5.56 Å². The van der Waals surface area contributed by atoms with Crippen LogP contribution in [0.15, 0.2) is 91.4 Å². The molecule has 0 aliphatic carbocycles. The molecule has 1 aliphatic rings. The number of aliphatic hydroxyl groups excluding tert-OH is 3. The predicted octanol–water partition coefficient (Wildman–Crippen LogP) is -5.38. The summed E-state index contributed by atoms with van der Waals surface area (Å²) >= 11 is 0. The Morgan fingerprint density at radius 1 is 0.542 bits per heavy atom. The van der Waals surface area contributed by atoms with E-state index in [1.807, 2.05) is 0 Å². The molecule has 1 saturated heterocycles. The first-order valence-electron chi connectivity index (χ1n) is 30.5. The number of rotatable bonds is 38. The average Bonchev–Trinajstić information content (AvgIpc) is 1.70. The number of likely N-dealkylation sites (tertiary alicyclic amines) is 1. The third-order valence-corrected chi connectivity index (χ3v) is 15.2. The van der Waals surface area contributed by atoms with Gasteiger partial charge in [-0.05, 0) is 79.0 Å². The normalized spacial score (nSPS) is 15.8. The summed E-state index contributed by atoms with van der Waals surface area (Å²) in [6, 6.07) is 1.65. The van der Waals surface area contributed by atoms with Crippen LogP contribution in [-0.4, -0.2) is 220 Å². The van der Waals surface area contributed by atoms with Gasteiger partial charge in [0.05, 0.1) is 38.6 Å². The number of imidazole rings is 1. The van der Waals surface area contributed by atoms with E-state index < -0.39 is 195 Å². The Bertz CT molecular complexity index is 3340. The zero-order chi connectivity index (χ0) is 70.8. The number of aliphatic hydroxyl groups is 3. The minimum Gasteiger partial charge on any atom is -0.508 e. The molecule has 0 unspecified atom stereocenters. The van der Waals surface area contributed by atoms with Crippen LogP contribution in [0.3, 0.4) is 0 Å². The van der Waals surface area contributed by atoms with Gasteiger partial charge in [-0.1, -0.05) is 68.4 Å². The molecule has 11 amide bonds. The Hall–Kier alpha value is -10.6. The molecular weight excluding hydrogens is 1260 g/mol. The standard InChI is InChI=1S/C62H82N14O20/c1-32(2)21-45(62(95)96)72-57(90)44(26-50(64)82)71-53(86)40(18-19-51(83)84)67-54(87)42(24-35-12-16-38(81)17-13-35)69-56(89)43(25-36-27-65-31-66-36)70-58(91)47(29-78)74-60(93)49-9-6-20-76(49)61(94)48(30-79)75-59(92)46(28-77)73-55(88)41(23-34-10-14-37(80)15-11-34)68-52(85)39(63)22-33-7-4-3-5-8-33/h3-5,7-8,10-17,27,31-32,39-49,77-81H,6,9,18-26,28-30,63H2,1-2H3,(H2,64,82)(H,65,66)(H,67,87)(H,68,85)(H,69,89)(H,70,91)(H,71,86)(H,72,90)(H,73,88)(H,74,93)(H,75,92)(H,83,84)(H,95,96)/t39-,40-,41-,42-,43-,44-,45-,46-,47-,48-,49-/m0/s1. The number of H-pyrrole nitrogens is 1. The van der Waals surface area contributed by atoms with Gasteiger partial charge in [0, 0.05) is 44.1 Å². The van der Waals surface area contributed by atoms with Crippen molar-refractivity contribution in [3.05, 3.63) is 114 Å². The van der Waals surface area contributed by atoms with Gasteiger partial charge in [-0.3, -0.25) is 57.5 Å². The Labute approximate surface area is 549 Å². The number of aromatic hydroxyl groups is 2. The van der Waals surface area contributed by atoms with E-state index in [0.717, 1.165) is 10.5 Å². The third kappa shape index (κ3) is 24.1. The number of benzene rings is 3. The second-order valence-corrected chi connectivity index (χ2v) is 23.2. The number of amides is 11.